The molecule has 6 heteroatoms. The fourth-order valence-electron chi connectivity index (χ4n) is 3.20. The van der Waals surface area contributed by atoms with Gasteiger partial charge in [0.1, 0.15) is 0 Å². The van der Waals surface area contributed by atoms with E-state index in [0.29, 0.717) is 13.0 Å². The van der Waals surface area contributed by atoms with E-state index in [-0.39, 0.29) is 12.5 Å². The van der Waals surface area contributed by atoms with Crippen molar-refractivity contribution in [1.29, 1.82) is 0 Å². The molecule has 0 saturated heterocycles. The van der Waals surface area contributed by atoms with E-state index in [4.69, 9.17) is 4.55 Å². The Morgan fingerprint density at radius 1 is 0.897 bits per heavy atom. The molecule has 0 aromatic carbocycles. The maximum absolute atomic E-state index is 12.2. The summed E-state index contributed by atoms with van der Waals surface area (Å²) >= 11 is 0. The predicted octanol–water partition coefficient (Wildman–Crippen LogP) is 5.93. The zero-order valence-electron chi connectivity index (χ0n) is 18.5. The maximum Gasteiger partial charge on any atom is 0.266 e. The second kappa shape index (κ2) is 18.9. The van der Waals surface area contributed by atoms with Crippen molar-refractivity contribution in [2.24, 2.45) is 0 Å². The number of amides is 1. The van der Waals surface area contributed by atoms with E-state index < -0.39 is 15.9 Å². The number of carbonyl (C=O) groups excluding carboxylic acids is 1. The van der Waals surface area contributed by atoms with Gasteiger partial charge in [0, 0.05) is 19.5 Å². The van der Waals surface area contributed by atoms with Crippen molar-refractivity contribution in [1.82, 2.24) is 4.90 Å². The Morgan fingerprint density at radius 3 is 1.93 bits per heavy atom. The number of rotatable bonds is 20. The molecular weight excluding hydrogens is 386 g/mol. The van der Waals surface area contributed by atoms with Gasteiger partial charge in [0.25, 0.3) is 10.1 Å². The Labute approximate surface area is 179 Å². The summed E-state index contributed by atoms with van der Waals surface area (Å²) in [7, 11) is -4.06. The standard InChI is InChI=1S/C23H43NO4S/c1-3-5-6-7-8-9-10-11-12-13-14-15-16-17-18-19-23(25)24(20-4-2)21-22-29(26,27)28/h4,11-12H,2-3,5-10,13-22H2,1H3,(H,26,27,28). The highest BCUT2D eigenvalue weighted by Gasteiger charge is 2.14. The molecule has 0 atom stereocenters. The van der Waals surface area contributed by atoms with Crippen LogP contribution in [-0.4, -0.2) is 42.6 Å². The highest BCUT2D eigenvalue weighted by Crippen LogP contribution is 2.11. The van der Waals surface area contributed by atoms with Gasteiger partial charge in [-0.05, 0) is 32.1 Å². The number of hydrogen-bond acceptors (Lipinski definition) is 3. The molecule has 1 N–H and O–H groups in total. The van der Waals surface area contributed by atoms with E-state index >= 15 is 0 Å². The van der Waals surface area contributed by atoms with Crippen LogP contribution in [0, 0.1) is 0 Å². The van der Waals surface area contributed by atoms with Gasteiger partial charge in [0.05, 0.1) is 5.75 Å². The van der Waals surface area contributed by atoms with Crippen LogP contribution in [0.1, 0.15) is 96.8 Å². The Hall–Kier alpha value is -1.14. The molecular formula is C23H43NO4S. The number of unbranched alkanes of at least 4 members (excludes halogenated alkanes) is 11. The van der Waals surface area contributed by atoms with Crippen LogP contribution in [0.3, 0.4) is 0 Å². The second-order valence-electron chi connectivity index (χ2n) is 7.75. The van der Waals surface area contributed by atoms with Crippen LogP contribution < -0.4 is 0 Å². The first-order valence-electron chi connectivity index (χ1n) is 11.4. The normalized spacial score (nSPS) is 11.8. The van der Waals surface area contributed by atoms with Crippen molar-refractivity contribution in [2.45, 2.75) is 96.8 Å². The summed E-state index contributed by atoms with van der Waals surface area (Å²) in [6.07, 6.45) is 22.3. The molecule has 0 spiro atoms. The van der Waals surface area contributed by atoms with Gasteiger partial charge >= 0.3 is 0 Å². The summed E-state index contributed by atoms with van der Waals surface area (Å²) in [6, 6.07) is 0. The average molecular weight is 430 g/mol. The van der Waals surface area contributed by atoms with Crippen LogP contribution in [-0.2, 0) is 14.9 Å². The number of hydrogen-bond donors (Lipinski definition) is 1. The van der Waals surface area contributed by atoms with Gasteiger partial charge in [-0.25, -0.2) is 0 Å². The van der Waals surface area contributed by atoms with Crippen LogP contribution in [0.15, 0.2) is 24.8 Å². The smallest absolute Gasteiger partial charge is 0.266 e. The maximum atomic E-state index is 12.2. The van der Waals surface area contributed by atoms with Gasteiger partial charge in [0.2, 0.25) is 5.91 Å². The fraction of sp³-hybridized carbons (Fsp3) is 0.783. The minimum Gasteiger partial charge on any atom is -0.338 e. The largest absolute Gasteiger partial charge is 0.338 e. The zero-order chi connectivity index (χ0) is 21.8. The molecule has 0 saturated carbocycles. The topological polar surface area (TPSA) is 74.7 Å². The SMILES string of the molecule is C=CCN(CCS(=O)(=O)O)C(=O)CCCCCCCC=CCCCCCCCC. The first-order chi connectivity index (χ1) is 13.9. The lowest BCUT2D eigenvalue weighted by Crippen LogP contribution is -2.35. The molecule has 1 amide bonds. The third kappa shape index (κ3) is 19.9. The van der Waals surface area contributed by atoms with Crippen LogP contribution in [0.4, 0.5) is 0 Å². The molecule has 0 heterocycles. The highest BCUT2D eigenvalue weighted by atomic mass is 32.2. The molecule has 5 nitrogen and oxygen atoms in total. The number of nitrogens with zero attached hydrogens (tertiary/aromatic N) is 1. The van der Waals surface area contributed by atoms with E-state index in [1.807, 2.05) is 0 Å². The monoisotopic (exact) mass is 429 g/mol. The van der Waals surface area contributed by atoms with Crippen LogP contribution >= 0.6 is 0 Å². The van der Waals surface area contributed by atoms with E-state index in [1.165, 1.54) is 62.7 Å². The first kappa shape index (κ1) is 27.9. The number of allylic oxidation sites excluding steroid dienone is 2. The summed E-state index contributed by atoms with van der Waals surface area (Å²) in [5.74, 6) is -0.509. The fourth-order valence-corrected chi connectivity index (χ4v) is 3.66. The molecule has 0 fully saturated rings. The van der Waals surface area contributed by atoms with Crippen molar-refractivity contribution >= 4 is 16.0 Å². The third-order valence-corrected chi connectivity index (χ3v) is 5.67. The van der Waals surface area contributed by atoms with Crippen molar-refractivity contribution < 1.29 is 17.8 Å². The quantitative estimate of drug-likeness (QED) is 0.148. The molecule has 0 aromatic rings. The van der Waals surface area contributed by atoms with Gasteiger partial charge in [-0.15, -0.1) is 6.58 Å². The lowest BCUT2D eigenvalue weighted by atomic mass is 10.1. The minimum atomic E-state index is -4.06. The summed E-state index contributed by atoms with van der Waals surface area (Å²) in [4.78, 5) is 13.6. The van der Waals surface area contributed by atoms with E-state index in [2.05, 4.69) is 25.7 Å². The van der Waals surface area contributed by atoms with Gasteiger partial charge in [0.15, 0.2) is 0 Å². The molecule has 29 heavy (non-hydrogen) atoms. The molecule has 0 unspecified atom stereocenters. The summed E-state index contributed by atoms with van der Waals surface area (Å²) in [5.41, 5.74) is 0. The lowest BCUT2D eigenvalue weighted by Gasteiger charge is -2.20. The Morgan fingerprint density at radius 2 is 1.41 bits per heavy atom. The zero-order valence-corrected chi connectivity index (χ0v) is 19.3. The molecule has 0 aliphatic carbocycles. The predicted molar refractivity (Wildman–Crippen MR) is 123 cm³/mol. The lowest BCUT2D eigenvalue weighted by molar-refractivity contribution is -0.130. The Balaban J connectivity index is 3.63. The molecule has 0 aliphatic rings. The summed E-state index contributed by atoms with van der Waals surface area (Å²) < 4.78 is 30.6. The number of carbonyl (C=O) groups is 1. The van der Waals surface area contributed by atoms with Crippen LogP contribution in [0.2, 0.25) is 0 Å². The molecule has 0 bridgehead atoms. The van der Waals surface area contributed by atoms with Crippen molar-refractivity contribution in [3.05, 3.63) is 24.8 Å². The van der Waals surface area contributed by atoms with Gasteiger partial charge in [-0.2, -0.15) is 8.42 Å². The van der Waals surface area contributed by atoms with Gasteiger partial charge in [-0.1, -0.05) is 76.5 Å². The third-order valence-electron chi connectivity index (χ3n) is 4.97. The van der Waals surface area contributed by atoms with E-state index in [1.54, 1.807) is 6.08 Å². The average Bonchev–Trinajstić information content (AvgIpc) is 2.67. The van der Waals surface area contributed by atoms with E-state index in [9.17, 15) is 13.2 Å². The summed E-state index contributed by atoms with van der Waals surface area (Å²) in [5, 5.41) is 0. The molecule has 0 aromatic heterocycles. The molecule has 0 radical (unpaired) electrons. The Kier molecular flexibility index (Phi) is 18.1. The second-order valence-corrected chi connectivity index (χ2v) is 9.32. The Bertz CT molecular complexity index is 543. The highest BCUT2D eigenvalue weighted by molar-refractivity contribution is 7.85. The summed E-state index contributed by atoms with van der Waals surface area (Å²) in [6.45, 7) is 6.15. The van der Waals surface area contributed by atoms with Crippen molar-refractivity contribution in [3.63, 3.8) is 0 Å². The van der Waals surface area contributed by atoms with Crippen molar-refractivity contribution in [2.75, 3.05) is 18.8 Å². The first-order valence-corrected chi connectivity index (χ1v) is 13.0. The molecule has 0 rings (SSSR count). The van der Waals surface area contributed by atoms with Gasteiger partial charge < -0.3 is 4.90 Å². The van der Waals surface area contributed by atoms with E-state index in [0.717, 1.165) is 25.7 Å². The van der Waals surface area contributed by atoms with Crippen LogP contribution in [0.25, 0.3) is 0 Å². The van der Waals surface area contributed by atoms with Gasteiger partial charge in [-0.3, -0.25) is 9.35 Å². The van der Waals surface area contributed by atoms with Crippen molar-refractivity contribution in [3.8, 4) is 0 Å². The van der Waals surface area contributed by atoms with Crippen LogP contribution in [0.5, 0.6) is 0 Å². The molecule has 0 aliphatic heterocycles. The molecule has 170 valence electrons. The minimum absolute atomic E-state index is 0.00869.